The monoisotopic (exact) mass is 267 g/mol. The minimum absolute atomic E-state index is 0.0976. The average molecular weight is 268 g/mol. The van der Waals surface area contributed by atoms with Crippen molar-refractivity contribution in [2.24, 2.45) is 0 Å². The van der Waals surface area contributed by atoms with Crippen LogP contribution < -0.4 is 5.56 Å². The van der Waals surface area contributed by atoms with Gasteiger partial charge in [0.25, 0.3) is 5.56 Å². The van der Waals surface area contributed by atoms with E-state index in [4.69, 9.17) is 16.1 Å². The number of hydrogen-bond acceptors (Lipinski definition) is 4. The van der Waals surface area contributed by atoms with Crippen molar-refractivity contribution >= 4 is 11.6 Å². The summed E-state index contributed by atoms with van der Waals surface area (Å²) in [6, 6.07) is 3.10. The Kier molecular flexibility index (Phi) is 3.52. The van der Waals surface area contributed by atoms with E-state index in [9.17, 15) is 4.79 Å². The highest BCUT2D eigenvalue weighted by Crippen LogP contribution is 2.14. The smallest absolute Gasteiger partial charge is 0.255 e. The Morgan fingerprint density at radius 1 is 1.44 bits per heavy atom. The molecular formula is C12H14ClN3O2. The molecule has 0 spiro atoms. The van der Waals surface area contributed by atoms with Gasteiger partial charge in [-0.15, -0.1) is 0 Å². The molecule has 0 radical (unpaired) electrons. The van der Waals surface area contributed by atoms with Crippen molar-refractivity contribution in [3.63, 3.8) is 0 Å². The van der Waals surface area contributed by atoms with Gasteiger partial charge in [0.05, 0.1) is 12.2 Å². The van der Waals surface area contributed by atoms with Crippen LogP contribution in [0.1, 0.15) is 37.0 Å². The molecule has 2 rings (SSSR count). The maximum absolute atomic E-state index is 12.0. The molecule has 0 saturated heterocycles. The second kappa shape index (κ2) is 4.94. The molecule has 0 aliphatic carbocycles. The third kappa shape index (κ3) is 2.61. The van der Waals surface area contributed by atoms with Crippen LogP contribution in [0.3, 0.4) is 0 Å². The van der Waals surface area contributed by atoms with Crippen LogP contribution >= 0.6 is 11.6 Å². The summed E-state index contributed by atoms with van der Waals surface area (Å²) < 4.78 is 6.67. The first kappa shape index (κ1) is 12.8. The van der Waals surface area contributed by atoms with Crippen molar-refractivity contribution in [1.82, 2.24) is 14.7 Å². The minimum atomic E-state index is -0.187. The van der Waals surface area contributed by atoms with Gasteiger partial charge in [-0.3, -0.25) is 9.36 Å². The predicted octanol–water partition coefficient (Wildman–Crippen LogP) is 2.36. The first-order chi connectivity index (χ1) is 8.47. The average Bonchev–Trinajstić information content (AvgIpc) is 2.67. The number of halogens is 1. The Hall–Kier alpha value is -1.62. The van der Waals surface area contributed by atoms with Crippen LogP contribution in [0.5, 0.6) is 0 Å². The predicted molar refractivity (Wildman–Crippen MR) is 67.9 cm³/mol. The number of rotatable bonds is 3. The van der Waals surface area contributed by atoms with Crippen molar-refractivity contribution < 1.29 is 4.52 Å². The molecule has 0 N–H and O–H groups in total. The van der Waals surface area contributed by atoms with Crippen LogP contribution in [-0.2, 0) is 6.54 Å². The van der Waals surface area contributed by atoms with Crippen LogP contribution in [0, 0.1) is 6.92 Å². The van der Waals surface area contributed by atoms with Crippen LogP contribution in [0.25, 0.3) is 0 Å². The van der Waals surface area contributed by atoms with E-state index in [0.717, 1.165) is 5.69 Å². The van der Waals surface area contributed by atoms with Crippen LogP contribution in [0.4, 0.5) is 0 Å². The molecule has 0 fully saturated rings. The molecule has 0 saturated carbocycles. The third-order valence-electron chi connectivity index (χ3n) is 2.51. The normalized spacial score (nSPS) is 11.2. The van der Waals surface area contributed by atoms with Crippen molar-refractivity contribution in [3.8, 4) is 0 Å². The summed E-state index contributed by atoms with van der Waals surface area (Å²) >= 11 is 5.81. The summed E-state index contributed by atoms with van der Waals surface area (Å²) in [5.74, 6) is 1.36. The zero-order valence-corrected chi connectivity index (χ0v) is 11.2. The minimum Gasteiger partial charge on any atom is -0.359 e. The van der Waals surface area contributed by atoms with Gasteiger partial charge in [0.2, 0.25) is 0 Å². The molecule has 5 nitrogen and oxygen atoms in total. The molecule has 0 amide bonds. The lowest BCUT2D eigenvalue weighted by molar-refractivity contribution is 0.368. The van der Waals surface area contributed by atoms with E-state index < -0.39 is 0 Å². The van der Waals surface area contributed by atoms with E-state index in [1.165, 1.54) is 6.07 Å². The summed E-state index contributed by atoms with van der Waals surface area (Å²) in [4.78, 5) is 16.2. The van der Waals surface area contributed by atoms with Crippen molar-refractivity contribution in [2.75, 3.05) is 0 Å². The molecule has 2 heterocycles. The van der Waals surface area contributed by atoms with Gasteiger partial charge in [0.15, 0.2) is 5.76 Å². The Labute approximate surface area is 109 Å². The highest BCUT2D eigenvalue weighted by Gasteiger charge is 2.13. The van der Waals surface area contributed by atoms with E-state index >= 15 is 0 Å². The standard InChI is InChI=1S/C12H14ClN3O2/c1-7(2)12-14-10(13)5-11(17)16(12)6-9-4-8(3)15-18-9/h4-5,7H,6H2,1-3H3. The number of aromatic nitrogens is 3. The lowest BCUT2D eigenvalue weighted by Crippen LogP contribution is -2.25. The van der Waals surface area contributed by atoms with Gasteiger partial charge in [-0.1, -0.05) is 30.6 Å². The first-order valence-electron chi connectivity index (χ1n) is 5.67. The van der Waals surface area contributed by atoms with Gasteiger partial charge < -0.3 is 4.52 Å². The van der Waals surface area contributed by atoms with Crippen molar-refractivity contribution in [1.29, 1.82) is 0 Å². The van der Waals surface area contributed by atoms with Crippen LogP contribution in [0.15, 0.2) is 21.5 Å². The Morgan fingerprint density at radius 2 is 2.17 bits per heavy atom. The van der Waals surface area contributed by atoms with Gasteiger partial charge in [-0.2, -0.15) is 0 Å². The summed E-state index contributed by atoms with van der Waals surface area (Å²) in [7, 11) is 0. The summed E-state index contributed by atoms with van der Waals surface area (Å²) in [6.45, 7) is 6.07. The summed E-state index contributed by atoms with van der Waals surface area (Å²) in [5, 5.41) is 4.01. The third-order valence-corrected chi connectivity index (χ3v) is 2.71. The topological polar surface area (TPSA) is 60.9 Å². The van der Waals surface area contributed by atoms with Gasteiger partial charge in [-0.25, -0.2) is 4.98 Å². The van der Waals surface area contributed by atoms with Gasteiger partial charge in [-0.05, 0) is 6.92 Å². The summed E-state index contributed by atoms with van der Waals surface area (Å²) in [6.07, 6.45) is 0. The largest absolute Gasteiger partial charge is 0.359 e. The van der Waals surface area contributed by atoms with Gasteiger partial charge in [0, 0.05) is 18.1 Å². The molecule has 2 aromatic heterocycles. The fourth-order valence-corrected chi connectivity index (χ4v) is 1.92. The van der Waals surface area contributed by atoms with Gasteiger partial charge in [0.1, 0.15) is 11.0 Å². The van der Waals surface area contributed by atoms with E-state index in [0.29, 0.717) is 18.1 Å². The maximum atomic E-state index is 12.0. The van der Waals surface area contributed by atoms with Crippen LogP contribution in [0.2, 0.25) is 5.15 Å². The van der Waals surface area contributed by atoms with Gasteiger partial charge >= 0.3 is 0 Å². The maximum Gasteiger partial charge on any atom is 0.255 e. The van der Waals surface area contributed by atoms with Crippen molar-refractivity contribution in [2.45, 2.75) is 33.2 Å². The van der Waals surface area contributed by atoms with Crippen molar-refractivity contribution in [3.05, 3.63) is 44.9 Å². The first-order valence-corrected chi connectivity index (χ1v) is 6.04. The highest BCUT2D eigenvalue weighted by molar-refractivity contribution is 6.29. The quantitative estimate of drug-likeness (QED) is 0.801. The molecule has 0 bridgehead atoms. The molecule has 0 atom stereocenters. The molecule has 0 unspecified atom stereocenters. The van der Waals surface area contributed by atoms with Crippen LogP contribution in [-0.4, -0.2) is 14.7 Å². The fraction of sp³-hybridized carbons (Fsp3) is 0.417. The van der Waals surface area contributed by atoms with E-state index in [2.05, 4.69) is 10.1 Å². The fourth-order valence-electron chi connectivity index (χ4n) is 1.74. The Bertz CT molecular complexity index is 616. The Balaban J connectivity index is 2.46. The second-order valence-electron chi connectivity index (χ2n) is 4.45. The Morgan fingerprint density at radius 3 is 2.72 bits per heavy atom. The number of aryl methyl sites for hydroxylation is 1. The molecule has 96 valence electrons. The number of nitrogens with zero attached hydrogens (tertiary/aromatic N) is 3. The molecule has 6 heteroatoms. The molecule has 0 aliphatic rings. The zero-order valence-electron chi connectivity index (χ0n) is 10.5. The summed E-state index contributed by atoms with van der Waals surface area (Å²) in [5.41, 5.74) is 0.596. The zero-order chi connectivity index (χ0) is 13.3. The molecule has 2 aromatic rings. The molecular weight excluding hydrogens is 254 g/mol. The second-order valence-corrected chi connectivity index (χ2v) is 4.84. The molecule has 0 aliphatic heterocycles. The van der Waals surface area contributed by atoms with E-state index in [1.54, 1.807) is 10.6 Å². The van der Waals surface area contributed by atoms with E-state index in [-0.39, 0.29) is 16.6 Å². The highest BCUT2D eigenvalue weighted by atomic mass is 35.5. The molecule has 0 aromatic carbocycles. The lowest BCUT2D eigenvalue weighted by Gasteiger charge is -2.13. The SMILES string of the molecule is Cc1cc(Cn2c(C(C)C)nc(Cl)cc2=O)on1. The lowest BCUT2D eigenvalue weighted by atomic mass is 10.2. The molecule has 18 heavy (non-hydrogen) atoms. The van der Waals surface area contributed by atoms with E-state index in [1.807, 2.05) is 20.8 Å². The number of hydrogen-bond donors (Lipinski definition) is 0.